The summed E-state index contributed by atoms with van der Waals surface area (Å²) in [5, 5.41) is 7.66. The second-order valence-corrected chi connectivity index (χ2v) is 11.1. The molecule has 0 amide bonds. The van der Waals surface area contributed by atoms with Crippen LogP contribution in [0.5, 0.6) is 0 Å². The fourth-order valence-corrected chi connectivity index (χ4v) is 7.67. The van der Waals surface area contributed by atoms with Crippen molar-refractivity contribution in [1.29, 1.82) is 0 Å². The number of allylic oxidation sites excluding steroid dienone is 2. The van der Waals surface area contributed by atoms with Crippen LogP contribution in [0.3, 0.4) is 0 Å². The van der Waals surface area contributed by atoms with Gasteiger partial charge in [-0.2, -0.15) is 0 Å². The summed E-state index contributed by atoms with van der Waals surface area (Å²) < 4.78 is 0. The number of hydrogen-bond donors (Lipinski definition) is 2. The molecule has 0 spiro atoms. The Morgan fingerprint density at radius 1 is 0.926 bits per heavy atom. The molecule has 0 aromatic heterocycles. The van der Waals surface area contributed by atoms with Gasteiger partial charge in [-0.05, 0) is 86.6 Å². The molecule has 2 saturated carbocycles. The van der Waals surface area contributed by atoms with Crippen molar-refractivity contribution in [3.05, 3.63) is 11.3 Å². The molecular weight excluding hydrogens is 332 g/mol. The van der Waals surface area contributed by atoms with Crippen molar-refractivity contribution in [2.45, 2.75) is 84.1 Å². The van der Waals surface area contributed by atoms with E-state index in [2.05, 4.69) is 24.5 Å². The van der Waals surface area contributed by atoms with E-state index in [0.29, 0.717) is 29.6 Å². The molecule has 0 aromatic carbocycles. The van der Waals surface area contributed by atoms with Gasteiger partial charge >= 0.3 is 0 Å². The minimum absolute atomic E-state index is 0.118. The van der Waals surface area contributed by atoms with E-state index in [0.717, 1.165) is 37.8 Å². The second-order valence-electron chi connectivity index (χ2n) is 11.1. The Balaban J connectivity index is 1.56. The number of ketones is 1. The van der Waals surface area contributed by atoms with Gasteiger partial charge in [0, 0.05) is 23.7 Å². The number of nitrogens with one attached hydrogen (secondary N) is 2. The van der Waals surface area contributed by atoms with E-state index in [-0.39, 0.29) is 5.41 Å². The van der Waals surface area contributed by atoms with Crippen molar-refractivity contribution < 1.29 is 4.79 Å². The van der Waals surface area contributed by atoms with Gasteiger partial charge in [-0.1, -0.05) is 33.1 Å². The maximum Gasteiger partial charge on any atom is 0.161 e. The standard InChI is InChI=1S/C24H38N2O/c1-24(2)12-19-23(20(27)13-24)21(16-7-5-11-25-14-16)22-17-8-4-3-6-15(17)9-10-18(22)26-19/h15-18,21-22,25-26H,3-14H2,1-2H3. The molecular formula is C24H38N2O. The molecule has 3 aliphatic carbocycles. The fraction of sp³-hybridized carbons (Fsp3) is 0.875. The molecule has 2 heterocycles. The summed E-state index contributed by atoms with van der Waals surface area (Å²) in [6, 6.07) is 0.622. The summed E-state index contributed by atoms with van der Waals surface area (Å²) in [7, 11) is 0. The molecule has 3 nitrogen and oxygen atoms in total. The van der Waals surface area contributed by atoms with Crippen LogP contribution in [0, 0.1) is 35.0 Å². The van der Waals surface area contributed by atoms with Gasteiger partial charge in [-0.15, -0.1) is 0 Å². The van der Waals surface area contributed by atoms with Crippen molar-refractivity contribution >= 4 is 5.78 Å². The summed E-state index contributed by atoms with van der Waals surface area (Å²) in [6.45, 7) is 6.84. The minimum atomic E-state index is 0.118. The van der Waals surface area contributed by atoms with Gasteiger partial charge in [-0.25, -0.2) is 0 Å². The molecule has 6 atom stereocenters. The Labute approximate surface area is 165 Å². The van der Waals surface area contributed by atoms with Crippen LogP contribution in [-0.2, 0) is 4.79 Å². The average Bonchev–Trinajstić information content (AvgIpc) is 2.66. The monoisotopic (exact) mass is 370 g/mol. The summed E-state index contributed by atoms with van der Waals surface area (Å²) in [5.41, 5.74) is 2.73. The number of carbonyl (C=O) groups excluding carboxylic acids is 1. The lowest BCUT2D eigenvalue weighted by Gasteiger charge is -2.56. The zero-order chi connectivity index (χ0) is 18.6. The molecule has 27 heavy (non-hydrogen) atoms. The third kappa shape index (κ3) is 3.18. The lowest BCUT2D eigenvalue weighted by molar-refractivity contribution is -0.120. The molecule has 3 fully saturated rings. The molecule has 0 bridgehead atoms. The van der Waals surface area contributed by atoms with Gasteiger partial charge in [0.15, 0.2) is 5.78 Å². The van der Waals surface area contributed by atoms with Crippen LogP contribution in [0.4, 0.5) is 0 Å². The van der Waals surface area contributed by atoms with E-state index in [9.17, 15) is 4.79 Å². The predicted molar refractivity (Wildman–Crippen MR) is 109 cm³/mol. The Morgan fingerprint density at radius 2 is 1.74 bits per heavy atom. The van der Waals surface area contributed by atoms with Gasteiger partial charge < -0.3 is 10.6 Å². The maximum absolute atomic E-state index is 13.4. The summed E-state index contributed by atoms with van der Waals surface area (Å²) >= 11 is 0. The van der Waals surface area contributed by atoms with Crippen molar-refractivity contribution in [1.82, 2.24) is 10.6 Å². The van der Waals surface area contributed by atoms with E-state index in [1.165, 1.54) is 62.6 Å². The smallest absolute Gasteiger partial charge is 0.161 e. The van der Waals surface area contributed by atoms with Gasteiger partial charge in [0.2, 0.25) is 0 Å². The van der Waals surface area contributed by atoms with Crippen LogP contribution in [0.2, 0.25) is 0 Å². The highest BCUT2D eigenvalue weighted by atomic mass is 16.1. The molecule has 3 heteroatoms. The Hall–Kier alpha value is -0.830. The molecule has 1 saturated heterocycles. The number of rotatable bonds is 1. The highest BCUT2D eigenvalue weighted by Gasteiger charge is 2.52. The zero-order valence-corrected chi connectivity index (χ0v) is 17.4. The van der Waals surface area contributed by atoms with Crippen molar-refractivity contribution in [2.24, 2.45) is 35.0 Å². The molecule has 2 aliphatic heterocycles. The van der Waals surface area contributed by atoms with E-state index >= 15 is 0 Å². The highest BCUT2D eigenvalue weighted by Crippen LogP contribution is 2.55. The van der Waals surface area contributed by atoms with Crippen LogP contribution in [0.25, 0.3) is 0 Å². The third-order valence-electron chi connectivity index (χ3n) is 8.65. The Morgan fingerprint density at radius 3 is 2.56 bits per heavy atom. The normalized spacial score (nSPS) is 44.0. The van der Waals surface area contributed by atoms with E-state index in [1.807, 2.05) is 0 Å². The van der Waals surface area contributed by atoms with E-state index in [1.54, 1.807) is 0 Å². The van der Waals surface area contributed by atoms with Gasteiger partial charge in [0.05, 0.1) is 0 Å². The summed E-state index contributed by atoms with van der Waals surface area (Å²) in [4.78, 5) is 13.4. The van der Waals surface area contributed by atoms with Gasteiger partial charge in [0.1, 0.15) is 0 Å². The van der Waals surface area contributed by atoms with Crippen molar-refractivity contribution in [3.8, 4) is 0 Å². The second kappa shape index (κ2) is 6.90. The van der Waals surface area contributed by atoms with Crippen LogP contribution in [0.1, 0.15) is 78.1 Å². The molecule has 150 valence electrons. The van der Waals surface area contributed by atoms with Crippen LogP contribution in [-0.4, -0.2) is 24.9 Å². The van der Waals surface area contributed by atoms with Crippen LogP contribution < -0.4 is 10.6 Å². The highest BCUT2D eigenvalue weighted by molar-refractivity contribution is 5.98. The Kier molecular flexibility index (Phi) is 4.65. The number of fused-ring (bicyclic) bond motifs is 3. The average molecular weight is 371 g/mol. The van der Waals surface area contributed by atoms with Gasteiger partial charge in [-0.3, -0.25) is 4.79 Å². The fourth-order valence-electron chi connectivity index (χ4n) is 7.67. The van der Waals surface area contributed by atoms with Crippen LogP contribution >= 0.6 is 0 Å². The van der Waals surface area contributed by atoms with Crippen molar-refractivity contribution in [3.63, 3.8) is 0 Å². The maximum atomic E-state index is 13.4. The van der Waals surface area contributed by atoms with Crippen LogP contribution in [0.15, 0.2) is 11.3 Å². The summed E-state index contributed by atoms with van der Waals surface area (Å²) in [5.74, 6) is 4.16. The SMILES string of the molecule is CC1(C)CC(=O)C2=C(C1)NC1CCC3CCCCC3C1C2C1CCCNC1. The minimum Gasteiger partial charge on any atom is -0.385 e. The molecule has 0 aromatic rings. The lowest BCUT2D eigenvalue weighted by atomic mass is 9.53. The predicted octanol–water partition coefficient (Wildman–Crippen LogP) is 4.43. The third-order valence-corrected chi connectivity index (χ3v) is 8.65. The zero-order valence-electron chi connectivity index (χ0n) is 17.4. The number of carbonyl (C=O) groups is 1. The molecule has 2 N–H and O–H groups in total. The lowest BCUT2D eigenvalue weighted by Crippen LogP contribution is -2.58. The first kappa shape index (κ1) is 18.2. The number of Topliss-reactive ketones (excluding diaryl/α,β-unsaturated/α-hetero) is 1. The first-order valence-electron chi connectivity index (χ1n) is 11.8. The summed E-state index contributed by atoms with van der Waals surface area (Å²) in [6.07, 6.45) is 12.8. The van der Waals surface area contributed by atoms with Gasteiger partial charge in [0.25, 0.3) is 0 Å². The number of hydrogen-bond acceptors (Lipinski definition) is 3. The molecule has 5 rings (SSSR count). The largest absolute Gasteiger partial charge is 0.385 e. The Bertz CT molecular complexity index is 630. The molecule has 0 radical (unpaired) electrons. The topological polar surface area (TPSA) is 41.1 Å². The van der Waals surface area contributed by atoms with Crippen molar-refractivity contribution in [2.75, 3.05) is 13.1 Å². The molecule has 6 unspecified atom stereocenters. The quantitative estimate of drug-likeness (QED) is 0.717. The van der Waals surface area contributed by atoms with E-state index in [4.69, 9.17) is 0 Å². The van der Waals surface area contributed by atoms with E-state index < -0.39 is 0 Å². The molecule has 5 aliphatic rings. The first-order valence-corrected chi connectivity index (χ1v) is 11.8. The first-order chi connectivity index (χ1) is 13.0. The number of piperidine rings is 1.